The number of allylic oxidation sites excluding steroid dienone is 1. The molecule has 22 heavy (non-hydrogen) atoms. The molecule has 0 saturated carbocycles. The van der Waals surface area contributed by atoms with Gasteiger partial charge in [-0.2, -0.15) is 12.1 Å². The molecule has 0 saturated heterocycles. The van der Waals surface area contributed by atoms with Gasteiger partial charge in [0, 0.05) is 22.6 Å². The Morgan fingerprint density at radius 3 is 2.09 bits per heavy atom. The minimum atomic E-state index is 0. The van der Waals surface area contributed by atoms with Crippen LogP contribution in [0.2, 0.25) is 0 Å². The number of hydrogen-bond acceptors (Lipinski definition) is 1. The smallest absolute Gasteiger partial charge is 0.146 e. The summed E-state index contributed by atoms with van der Waals surface area (Å²) >= 11 is 3.28. The minimum Gasteiger partial charge on any atom is -0.747 e. The SMILES string of the molecule is Br[c-]1[cH-][cH-][cH-][cH-]1.O=C(C=C[c-]1cccc1)c1ccccc1.[Fe]. The van der Waals surface area contributed by atoms with Crippen LogP contribution >= 0.6 is 15.9 Å². The number of halogens is 1. The van der Waals surface area contributed by atoms with Gasteiger partial charge in [-0.05, 0) is 0 Å². The van der Waals surface area contributed by atoms with Crippen molar-refractivity contribution < 1.29 is 21.9 Å². The van der Waals surface area contributed by atoms with E-state index in [2.05, 4.69) is 15.9 Å². The fraction of sp³-hybridized carbons (Fsp3) is 0. The van der Waals surface area contributed by atoms with Gasteiger partial charge < -0.3 is 49.5 Å². The molecule has 3 heteroatoms. The van der Waals surface area contributed by atoms with E-state index < -0.39 is 0 Å². The first-order valence-corrected chi connectivity index (χ1v) is 7.41. The molecule has 0 spiro atoms. The predicted octanol–water partition coefficient (Wildman–Crippen LogP) is 5.47. The number of carbonyl (C=O) groups is 1. The van der Waals surface area contributed by atoms with Crippen LogP contribution in [0.25, 0.3) is 6.08 Å². The Bertz CT molecular complexity index is 668. The van der Waals surface area contributed by atoms with Crippen molar-refractivity contribution in [1.29, 1.82) is 0 Å². The van der Waals surface area contributed by atoms with Crippen molar-refractivity contribution in [2.45, 2.75) is 0 Å². The number of benzene rings is 1. The van der Waals surface area contributed by atoms with Crippen molar-refractivity contribution >= 4 is 27.8 Å². The van der Waals surface area contributed by atoms with Gasteiger partial charge in [-0.1, -0.05) is 36.4 Å². The predicted molar refractivity (Wildman–Crippen MR) is 91.6 cm³/mol. The fourth-order valence-electron chi connectivity index (χ4n) is 1.72. The van der Waals surface area contributed by atoms with Crippen LogP contribution in [-0.2, 0) is 17.1 Å². The van der Waals surface area contributed by atoms with Crippen molar-refractivity contribution in [2.24, 2.45) is 0 Å². The van der Waals surface area contributed by atoms with Crippen LogP contribution in [-0.4, -0.2) is 5.78 Å². The average Bonchev–Trinajstić information content (AvgIpc) is 3.20. The first-order valence-electron chi connectivity index (χ1n) is 6.62. The van der Waals surface area contributed by atoms with Gasteiger partial charge in [-0.15, -0.1) is 23.8 Å². The summed E-state index contributed by atoms with van der Waals surface area (Å²) in [5.74, 6) is 0.0387. The van der Waals surface area contributed by atoms with E-state index in [0.29, 0.717) is 0 Å². The summed E-state index contributed by atoms with van der Waals surface area (Å²) in [6.07, 6.45) is 3.43. The van der Waals surface area contributed by atoms with Crippen LogP contribution in [0.4, 0.5) is 0 Å². The maximum absolute atomic E-state index is 11.7. The summed E-state index contributed by atoms with van der Waals surface area (Å²) in [6, 6.07) is 25.1. The number of ketones is 1. The zero-order valence-electron chi connectivity index (χ0n) is 11.8. The molecule has 3 aromatic carbocycles. The quantitative estimate of drug-likeness (QED) is 0.249. The second-order valence-electron chi connectivity index (χ2n) is 4.38. The summed E-state index contributed by atoms with van der Waals surface area (Å²) in [6.45, 7) is 0. The number of rotatable bonds is 3. The molecule has 0 heterocycles. The van der Waals surface area contributed by atoms with E-state index in [9.17, 15) is 4.79 Å². The summed E-state index contributed by atoms with van der Waals surface area (Å²) < 4.78 is 1.16. The maximum Gasteiger partial charge on any atom is 0.146 e. The average molecular weight is 395 g/mol. The molecule has 1 nitrogen and oxygen atoms in total. The molecule has 3 rings (SSSR count). The molecule has 3 aromatic rings. The third-order valence-corrected chi connectivity index (χ3v) is 3.32. The van der Waals surface area contributed by atoms with Crippen molar-refractivity contribution in [3.05, 3.63) is 101 Å². The van der Waals surface area contributed by atoms with Gasteiger partial charge in [0.15, 0.2) is 0 Å². The molecule has 0 aliphatic carbocycles. The Balaban J connectivity index is 0.000000293. The number of carbonyl (C=O) groups excluding carboxylic acids is 1. The zero-order chi connectivity index (χ0) is 14.9. The van der Waals surface area contributed by atoms with E-state index in [4.69, 9.17) is 0 Å². The van der Waals surface area contributed by atoms with Gasteiger partial charge in [-0.3, -0.25) is 0 Å². The molecule has 0 aromatic heterocycles. The standard InChI is InChI=1S/C14H11O.C5H4Br.Fe/c15-14(13-8-2-1-3-9-13)11-10-12-6-4-5-7-12;6-5-3-1-2-4-5;/h1-11H;1-4H;/q-1;-5;. The van der Waals surface area contributed by atoms with Crippen molar-refractivity contribution in [1.82, 2.24) is 0 Å². The molecule has 0 fully saturated rings. The Hall–Kier alpha value is -1.67. The van der Waals surface area contributed by atoms with Gasteiger partial charge in [0.05, 0.1) is 0 Å². The summed E-state index contributed by atoms with van der Waals surface area (Å²) in [7, 11) is 0. The van der Waals surface area contributed by atoms with Crippen LogP contribution in [0, 0.1) is 0 Å². The Morgan fingerprint density at radius 2 is 1.59 bits per heavy atom. The van der Waals surface area contributed by atoms with E-state index in [1.165, 1.54) is 0 Å². The van der Waals surface area contributed by atoms with Gasteiger partial charge in [0.2, 0.25) is 0 Å². The number of hydrogen-bond donors (Lipinski definition) is 0. The molecule has 0 radical (unpaired) electrons. The summed E-state index contributed by atoms with van der Waals surface area (Å²) in [4.78, 5) is 11.7. The second kappa shape index (κ2) is 10.1. The summed E-state index contributed by atoms with van der Waals surface area (Å²) in [5, 5.41) is 0. The van der Waals surface area contributed by atoms with Crippen LogP contribution < -0.4 is 0 Å². The van der Waals surface area contributed by atoms with Gasteiger partial charge in [0.25, 0.3) is 0 Å². The Morgan fingerprint density at radius 1 is 1.00 bits per heavy atom. The monoisotopic (exact) mass is 394 g/mol. The van der Waals surface area contributed by atoms with Gasteiger partial charge in [-0.25, -0.2) is 0 Å². The van der Waals surface area contributed by atoms with Gasteiger partial charge in [0.1, 0.15) is 5.78 Å². The van der Waals surface area contributed by atoms with Gasteiger partial charge >= 0.3 is 0 Å². The van der Waals surface area contributed by atoms with E-state index >= 15 is 0 Å². The molecule has 118 valence electrons. The van der Waals surface area contributed by atoms with E-state index in [-0.39, 0.29) is 22.9 Å². The Labute approximate surface area is 150 Å². The fourth-order valence-corrected chi connectivity index (χ4v) is 2.03. The normalized spacial score (nSPS) is 9.68. The van der Waals surface area contributed by atoms with E-state index in [1.54, 1.807) is 6.08 Å². The molecular weight excluding hydrogens is 380 g/mol. The van der Waals surface area contributed by atoms with Crippen LogP contribution in [0.15, 0.2) is 89.4 Å². The Kier molecular flexibility index (Phi) is 8.46. The maximum atomic E-state index is 11.7. The largest absolute Gasteiger partial charge is 0.747 e. The third-order valence-electron chi connectivity index (χ3n) is 2.80. The summed E-state index contributed by atoms with van der Waals surface area (Å²) in [5.41, 5.74) is 1.78. The second-order valence-corrected chi connectivity index (χ2v) is 5.30. The van der Waals surface area contributed by atoms with E-state index in [0.717, 1.165) is 15.6 Å². The first-order chi connectivity index (χ1) is 10.3. The van der Waals surface area contributed by atoms with Crippen molar-refractivity contribution in [3.8, 4) is 0 Å². The zero-order valence-corrected chi connectivity index (χ0v) is 14.5. The molecule has 0 amide bonds. The van der Waals surface area contributed by atoms with Crippen molar-refractivity contribution in [3.63, 3.8) is 0 Å². The van der Waals surface area contributed by atoms with E-state index in [1.807, 2.05) is 84.9 Å². The van der Waals surface area contributed by atoms with Crippen LogP contribution in [0.3, 0.4) is 0 Å². The molecule has 0 atom stereocenters. The molecule has 0 bridgehead atoms. The van der Waals surface area contributed by atoms with Crippen LogP contribution in [0.5, 0.6) is 0 Å². The molecular formula is C19H15BrFeO-6. The van der Waals surface area contributed by atoms with Crippen LogP contribution in [0.1, 0.15) is 15.9 Å². The minimum absolute atomic E-state index is 0. The molecule has 0 aliphatic heterocycles. The molecule has 0 aliphatic rings. The molecule has 0 N–H and O–H groups in total. The molecule has 0 unspecified atom stereocenters. The van der Waals surface area contributed by atoms with Crippen molar-refractivity contribution in [2.75, 3.05) is 0 Å². The topological polar surface area (TPSA) is 17.1 Å². The third kappa shape index (κ3) is 6.40. The first kappa shape index (κ1) is 18.4.